The Morgan fingerprint density at radius 1 is 1.54 bits per heavy atom. The highest BCUT2D eigenvalue weighted by Gasteiger charge is 2.33. The number of pyridine rings is 1. The summed E-state index contributed by atoms with van der Waals surface area (Å²) < 4.78 is 0.709. The topological polar surface area (TPSA) is 141 Å². The van der Waals surface area contributed by atoms with E-state index >= 15 is 0 Å². The van der Waals surface area contributed by atoms with Crippen LogP contribution in [0.2, 0.25) is 0 Å². The third kappa shape index (κ3) is 3.67. The third-order valence-corrected chi connectivity index (χ3v) is 5.58. The van der Waals surface area contributed by atoms with Gasteiger partial charge < -0.3 is 15.7 Å². The fourth-order valence-corrected chi connectivity index (χ4v) is 4.30. The number of aromatic nitrogens is 1. The number of amides is 1. The third-order valence-electron chi connectivity index (χ3n) is 4.65. The zero-order chi connectivity index (χ0) is 18.7. The summed E-state index contributed by atoms with van der Waals surface area (Å²) in [5, 5.41) is 36.9. The van der Waals surface area contributed by atoms with Crippen LogP contribution in [0.3, 0.4) is 0 Å². The highest BCUT2D eigenvalue weighted by atomic mass is 32.1. The van der Waals surface area contributed by atoms with Crippen molar-refractivity contribution in [1.29, 1.82) is 5.26 Å². The molecule has 0 aliphatic heterocycles. The van der Waals surface area contributed by atoms with Gasteiger partial charge in [0.25, 0.3) is 0 Å². The monoisotopic (exact) mass is 375 g/mol. The largest absolute Gasteiger partial charge is 0.465 e. The number of rotatable bonds is 5. The maximum Gasteiger partial charge on any atom is 0.404 e. The number of carboxylic acid groups (broad SMARTS) is 1. The molecule has 1 aliphatic rings. The molecule has 0 unspecified atom stereocenters. The van der Waals surface area contributed by atoms with Gasteiger partial charge >= 0.3 is 11.8 Å². The van der Waals surface area contributed by atoms with E-state index in [1.54, 1.807) is 6.07 Å². The van der Waals surface area contributed by atoms with Crippen LogP contribution in [-0.2, 0) is 0 Å². The molecule has 3 rings (SSSR count). The Balaban J connectivity index is 1.85. The number of nitrogens with one attached hydrogen (secondary N) is 2. The van der Waals surface area contributed by atoms with Crippen molar-refractivity contribution in [2.75, 3.05) is 5.32 Å². The molecule has 1 fully saturated rings. The van der Waals surface area contributed by atoms with E-state index in [2.05, 4.69) is 21.7 Å². The molecule has 0 radical (unpaired) electrons. The van der Waals surface area contributed by atoms with E-state index in [0.29, 0.717) is 35.2 Å². The van der Waals surface area contributed by atoms with Gasteiger partial charge in [0, 0.05) is 18.5 Å². The standard InChI is InChI=1S/C16H17N5O4S/c17-5-3-9-1-2-10(7-12(9)20-16(22)23)19-14-13(21(24)25)8-18-11-4-6-26-15(11)14/h4,6,8-10,12,20H,1-3,7H2,(H,18,19)(H,22,23)/t9-,10+,12-/m1/s1. The lowest BCUT2D eigenvalue weighted by atomic mass is 9.80. The van der Waals surface area contributed by atoms with E-state index in [4.69, 9.17) is 10.4 Å². The molecule has 1 amide bonds. The van der Waals surface area contributed by atoms with Gasteiger partial charge in [0.15, 0.2) is 0 Å². The maximum absolute atomic E-state index is 11.4. The van der Waals surface area contributed by atoms with Crippen molar-refractivity contribution in [2.45, 2.75) is 37.8 Å². The first kappa shape index (κ1) is 17.9. The molecular weight excluding hydrogens is 358 g/mol. The Morgan fingerprint density at radius 2 is 2.35 bits per heavy atom. The van der Waals surface area contributed by atoms with Gasteiger partial charge in [0.1, 0.15) is 11.9 Å². The fraction of sp³-hybridized carbons (Fsp3) is 0.438. The molecule has 1 saturated carbocycles. The number of nitriles is 1. The van der Waals surface area contributed by atoms with Crippen molar-refractivity contribution in [3.8, 4) is 6.07 Å². The summed E-state index contributed by atoms with van der Waals surface area (Å²) in [6.45, 7) is 0. The lowest BCUT2D eigenvalue weighted by Crippen LogP contribution is -2.46. The van der Waals surface area contributed by atoms with Crippen LogP contribution in [0.4, 0.5) is 16.2 Å². The molecule has 3 N–H and O–H groups in total. The highest BCUT2D eigenvalue weighted by Crippen LogP contribution is 2.37. The van der Waals surface area contributed by atoms with Crippen LogP contribution in [0.5, 0.6) is 0 Å². The first-order valence-corrected chi connectivity index (χ1v) is 9.01. The van der Waals surface area contributed by atoms with Gasteiger partial charge in [-0.2, -0.15) is 5.26 Å². The molecule has 3 atom stereocenters. The molecule has 0 bridgehead atoms. The van der Waals surface area contributed by atoms with Crippen LogP contribution >= 0.6 is 11.3 Å². The quantitative estimate of drug-likeness (QED) is 0.537. The minimum absolute atomic E-state index is 0.0525. The summed E-state index contributed by atoms with van der Waals surface area (Å²) in [4.78, 5) is 26.1. The predicted octanol–water partition coefficient (Wildman–Crippen LogP) is 3.33. The van der Waals surface area contributed by atoms with Crippen LogP contribution in [0, 0.1) is 27.4 Å². The number of thiophene rings is 1. The molecule has 2 aromatic rings. The molecule has 26 heavy (non-hydrogen) atoms. The Kier molecular flexibility index (Phi) is 5.18. The first-order valence-electron chi connectivity index (χ1n) is 8.13. The van der Waals surface area contributed by atoms with Gasteiger partial charge in [-0.05, 0) is 36.6 Å². The van der Waals surface area contributed by atoms with Gasteiger partial charge in [-0.1, -0.05) is 0 Å². The highest BCUT2D eigenvalue weighted by molar-refractivity contribution is 7.17. The van der Waals surface area contributed by atoms with Crippen molar-refractivity contribution < 1.29 is 14.8 Å². The van der Waals surface area contributed by atoms with Crippen molar-refractivity contribution in [2.24, 2.45) is 5.92 Å². The molecule has 2 heterocycles. The predicted molar refractivity (Wildman–Crippen MR) is 96.2 cm³/mol. The number of nitrogens with zero attached hydrogens (tertiary/aromatic N) is 3. The molecule has 1 aliphatic carbocycles. The summed E-state index contributed by atoms with van der Waals surface area (Å²) >= 11 is 1.37. The Morgan fingerprint density at radius 3 is 3.04 bits per heavy atom. The summed E-state index contributed by atoms with van der Waals surface area (Å²) in [5.41, 5.74) is 1.01. The van der Waals surface area contributed by atoms with E-state index in [-0.39, 0.29) is 30.1 Å². The molecule has 2 aromatic heterocycles. The van der Waals surface area contributed by atoms with Crippen molar-refractivity contribution in [3.63, 3.8) is 0 Å². The second-order valence-corrected chi connectivity index (χ2v) is 7.16. The van der Waals surface area contributed by atoms with E-state index in [1.807, 2.05) is 5.38 Å². The zero-order valence-electron chi connectivity index (χ0n) is 13.7. The SMILES string of the molecule is N#CC[C@H]1CC[C@H](Nc2c([N+](=O)[O-])cnc3ccsc23)C[C@H]1NC(=O)O. The average molecular weight is 375 g/mol. The Labute approximate surface area is 152 Å². The van der Waals surface area contributed by atoms with Gasteiger partial charge in [-0.25, -0.2) is 9.78 Å². The zero-order valence-corrected chi connectivity index (χ0v) is 14.5. The number of nitro groups is 1. The average Bonchev–Trinajstić information content (AvgIpc) is 3.06. The summed E-state index contributed by atoms with van der Waals surface area (Å²) in [7, 11) is 0. The van der Waals surface area contributed by atoms with Gasteiger partial charge in [0.2, 0.25) is 0 Å². The van der Waals surface area contributed by atoms with E-state index in [9.17, 15) is 14.9 Å². The van der Waals surface area contributed by atoms with Crippen LogP contribution in [0.1, 0.15) is 25.7 Å². The van der Waals surface area contributed by atoms with E-state index < -0.39 is 11.0 Å². The normalized spacial score (nSPS) is 22.5. The van der Waals surface area contributed by atoms with Gasteiger partial charge in [-0.3, -0.25) is 10.1 Å². The fourth-order valence-electron chi connectivity index (χ4n) is 3.45. The Hall–Kier alpha value is -2.93. The molecule has 10 heteroatoms. The van der Waals surface area contributed by atoms with Crippen LogP contribution in [0.25, 0.3) is 10.2 Å². The molecule has 0 aromatic carbocycles. The number of anilines is 1. The second-order valence-electron chi connectivity index (χ2n) is 6.24. The number of hydrogen-bond donors (Lipinski definition) is 3. The molecule has 9 nitrogen and oxygen atoms in total. The van der Waals surface area contributed by atoms with E-state index in [0.717, 1.165) is 0 Å². The van der Waals surface area contributed by atoms with Crippen molar-refractivity contribution >= 4 is 39.0 Å². The minimum atomic E-state index is -1.13. The molecule has 0 spiro atoms. The summed E-state index contributed by atoms with van der Waals surface area (Å²) in [6, 6.07) is 3.41. The summed E-state index contributed by atoms with van der Waals surface area (Å²) in [5.74, 6) is -0.0525. The van der Waals surface area contributed by atoms with Gasteiger partial charge in [-0.15, -0.1) is 11.3 Å². The molecular formula is C16H17N5O4S. The number of carbonyl (C=O) groups is 1. The number of fused-ring (bicyclic) bond motifs is 1. The van der Waals surface area contributed by atoms with E-state index in [1.165, 1.54) is 17.5 Å². The van der Waals surface area contributed by atoms with Crippen LogP contribution < -0.4 is 10.6 Å². The minimum Gasteiger partial charge on any atom is -0.465 e. The van der Waals surface area contributed by atoms with Crippen LogP contribution in [0.15, 0.2) is 17.6 Å². The molecule has 0 saturated heterocycles. The lowest BCUT2D eigenvalue weighted by Gasteiger charge is -2.35. The molecule has 136 valence electrons. The summed E-state index contributed by atoms with van der Waals surface area (Å²) in [6.07, 6.45) is 2.23. The second kappa shape index (κ2) is 7.53. The van der Waals surface area contributed by atoms with Crippen LogP contribution in [-0.4, -0.2) is 33.2 Å². The number of hydrogen-bond acceptors (Lipinski definition) is 7. The Bertz CT molecular complexity index is 877. The van der Waals surface area contributed by atoms with Gasteiger partial charge in [0.05, 0.1) is 21.2 Å². The maximum atomic E-state index is 11.4. The lowest BCUT2D eigenvalue weighted by molar-refractivity contribution is -0.384. The smallest absolute Gasteiger partial charge is 0.404 e. The van der Waals surface area contributed by atoms with Crippen molar-refractivity contribution in [1.82, 2.24) is 10.3 Å². The first-order chi connectivity index (χ1) is 12.5. The van der Waals surface area contributed by atoms with Crippen molar-refractivity contribution in [3.05, 3.63) is 27.8 Å².